The summed E-state index contributed by atoms with van der Waals surface area (Å²) in [6, 6.07) is 9.54. The average Bonchev–Trinajstić information content (AvgIpc) is 3.07. The lowest BCUT2D eigenvalue weighted by atomic mass is 9.49. The predicted octanol–water partition coefficient (Wildman–Crippen LogP) is 5.26. The average molecular weight is 513 g/mol. The summed E-state index contributed by atoms with van der Waals surface area (Å²) >= 11 is 0. The molecule has 37 heavy (non-hydrogen) atoms. The molecule has 7 atom stereocenters. The van der Waals surface area contributed by atoms with Crippen LogP contribution in [0.2, 0.25) is 0 Å². The topological polar surface area (TPSA) is 88.1 Å². The Hall–Kier alpha value is -2.67. The molecule has 0 N–H and O–H groups in total. The highest BCUT2D eigenvalue weighted by atomic mass is 16.6. The summed E-state index contributed by atoms with van der Waals surface area (Å²) in [7, 11) is 0. The zero-order chi connectivity index (χ0) is 27.0. The zero-order valence-corrected chi connectivity index (χ0v) is 22.8. The number of carbonyl (C=O) groups is 3. The van der Waals surface area contributed by atoms with Gasteiger partial charge in [-0.3, -0.25) is 9.59 Å². The Morgan fingerprint density at radius 1 is 1.05 bits per heavy atom. The van der Waals surface area contributed by atoms with Gasteiger partial charge in [0, 0.05) is 19.4 Å². The lowest BCUT2D eigenvalue weighted by Crippen LogP contribution is -2.71. The van der Waals surface area contributed by atoms with Crippen LogP contribution in [0.3, 0.4) is 0 Å². The van der Waals surface area contributed by atoms with Crippen LogP contribution in [-0.4, -0.2) is 47.4 Å². The summed E-state index contributed by atoms with van der Waals surface area (Å²) in [4.78, 5) is 38.0. The molecule has 202 valence electrons. The van der Waals surface area contributed by atoms with E-state index in [1.807, 2.05) is 44.2 Å². The van der Waals surface area contributed by atoms with Crippen LogP contribution in [0.4, 0.5) is 0 Å². The van der Waals surface area contributed by atoms with Crippen molar-refractivity contribution >= 4 is 24.0 Å². The van der Waals surface area contributed by atoms with Crippen LogP contribution in [-0.2, 0) is 33.3 Å². The van der Waals surface area contributed by atoms with Crippen molar-refractivity contribution in [1.82, 2.24) is 0 Å². The first-order valence-electron chi connectivity index (χ1n) is 13.4. The molecule has 0 amide bonds. The van der Waals surface area contributed by atoms with E-state index >= 15 is 0 Å². The van der Waals surface area contributed by atoms with Gasteiger partial charge in [0.25, 0.3) is 0 Å². The lowest BCUT2D eigenvalue weighted by molar-refractivity contribution is -0.284. The van der Waals surface area contributed by atoms with Crippen LogP contribution in [0.1, 0.15) is 79.2 Å². The Balaban J connectivity index is 1.72. The van der Waals surface area contributed by atoms with Gasteiger partial charge in [-0.25, -0.2) is 4.79 Å². The Bertz CT molecular complexity index is 1050. The van der Waals surface area contributed by atoms with Crippen molar-refractivity contribution in [1.29, 1.82) is 0 Å². The van der Waals surface area contributed by atoms with Crippen molar-refractivity contribution in [3.8, 4) is 0 Å². The van der Waals surface area contributed by atoms with Gasteiger partial charge < -0.3 is 18.9 Å². The minimum atomic E-state index is -0.923. The van der Waals surface area contributed by atoms with Gasteiger partial charge in [0.2, 0.25) is 0 Å². The van der Waals surface area contributed by atoms with Gasteiger partial charge in [0.1, 0.15) is 12.2 Å². The van der Waals surface area contributed by atoms with E-state index in [2.05, 4.69) is 20.8 Å². The number of fused-ring (bicyclic) bond motifs is 1. The number of hydrogen-bond acceptors (Lipinski definition) is 7. The Morgan fingerprint density at radius 3 is 2.41 bits per heavy atom. The number of rotatable bonds is 7. The van der Waals surface area contributed by atoms with E-state index < -0.39 is 46.9 Å². The van der Waals surface area contributed by atoms with E-state index in [9.17, 15) is 14.4 Å². The minimum Gasteiger partial charge on any atom is -0.458 e. The summed E-state index contributed by atoms with van der Waals surface area (Å²) in [6.45, 7) is 11.5. The molecule has 2 aliphatic carbocycles. The van der Waals surface area contributed by atoms with Gasteiger partial charge in [-0.15, -0.1) is 0 Å². The summed E-state index contributed by atoms with van der Waals surface area (Å²) < 4.78 is 24.9. The monoisotopic (exact) mass is 512 g/mol. The van der Waals surface area contributed by atoms with Crippen LogP contribution in [0, 0.1) is 17.3 Å². The first-order chi connectivity index (χ1) is 17.4. The zero-order valence-electron chi connectivity index (χ0n) is 22.8. The van der Waals surface area contributed by atoms with E-state index in [-0.39, 0.29) is 24.2 Å². The summed E-state index contributed by atoms with van der Waals surface area (Å²) in [5.74, 6) is -1.12. The van der Waals surface area contributed by atoms with E-state index in [0.717, 1.165) is 12.0 Å². The predicted molar refractivity (Wildman–Crippen MR) is 138 cm³/mol. The minimum absolute atomic E-state index is 0.0191. The molecule has 1 spiro atoms. The van der Waals surface area contributed by atoms with E-state index in [4.69, 9.17) is 18.9 Å². The SMILES string of the molecule is CCCC(=O)O[C@H]1C[C@@H](C)[C@@]23C[C@@H](C[C@H](OC(=O)C=Cc4ccccc4)[C@]2(C)[C@H]1OC(C)=O)C(C)(C)O3. The Labute approximate surface area is 219 Å². The van der Waals surface area contributed by atoms with E-state index in [1.165, 1.54) is 13.0 Å². The third-order valence-corrected chi connectivity index (χ3v) is 8.87. The smallest absolute Gasteiger partial charge is 0.331 e. The van der Waals surface area contributed by atoms with Crippen molar-refractivity contribution in [2.24, 2.45) is 17.3 Å². The fourth-order valence-electron chi connectivity index (χ4n) is 6.98. The number of carbonyl (C=O) groups excluding carboxylic acids is 3. The Morgan fingerprint density at radius 2 is 1.76 bits per heavy atom. The standard InChI is InChI=1S/C30H40O7/c1-7-11-25(32)35-23-16-19(2)30-18-22(28(4,5)37-30)17-24(29(30,6)27(23)34-20(3)31)36-26(33)15-14-21-12-9-8-10-13-21/h8-10,12-15,19,22-24,27H,7,11,16-18H2,1-6H3/t19-,22-,23+,24+,27+,29-,30+/m1/s1. The van der Waals surface area contributed by atoms with Crippen molar-refractivity contribution in [2.45, 2.75) is 103 Å². The molecule has 0 aromatic heterocycles. The molecule has 1 aliphatic heterocycles. The Kier molecular flexibility index (Phi) is 7.57. The summed E-state index contributed by atoms with van der Waals surface area (Å²) in [5.41, 5.74) is -1.18. The summed E-state index contributed by atoms with van der Waals surface area (Å²) in [5, 5.41) is 0. The molecule has 3 fully saturated rings. The van der Waals surface area contributed by atoms with Gasteiger partial charge in [-0.1, -0.05) is 44.2 Å². The van der Waals surface area contributed by atoms with Crippen LogP contribution >= 0.6 is 0 Å². The molecule has 2 saturated carbocycles. The second-order valence-corrected chi connectivity index (χ2v) is 11.6. The number of esters is 3. The third kappa shape index (κ3) is 4.95. The second kappa shape index (κ2) is 10.2. The molecular weight excluding hydrogens is 472 g/mol. The molecule has 1 aromatic carbocycles. The highest BCUT2D eigenvalue weighted by molar-refractivity contribution is 5.87. The molecule has 1 saturated heterocycles. The highest BCUT2D eigenvalue weighted by Crippen LogP contribution is 2.67. The maximum absolute atomic E-state index is 13.1. The first kappa shape index (κ1) is 27.4. The van der Waals surface area contributed by atoms with E-state index in [1.54, 1.807) is 6.08 Å². The van der Waals surface area contributed by atoms with Crippen LogP contribution in [0.25, 0.3) is 6.08 Å². The van der Waals surface area contributed by atoms with Gasteiger partial charge in [-0.2, -0.15) is 0 Å². The molecule has 7 nitrogen and oxygen atoms in total. The quantitative estimate of drug-likeness (QED) is 0.280. The van der Waals surface area contributed by atoms with E-state index in [0.29, 0.717) is 19.3 Å². The number of ether oxygens (including phenoxy) is 4. The molecule has 3 aliphatic rings. The number of hydrogen-bond donors (Lipinski definition) is 0. The molecule has 0 unspecified atom stereocenters. The van der Waals surface area contributed by atoms with Crippen LogP contribution in [0.5, 0.6) is 0 Å². The van der Waals surface area contributed by atoms with Crippen molar-refractivity contribution in [3.63, 3.8) is 0 Å². The maximum atomic E-state index is 13.1. The van der Waals surface area contributed by atoms with Gasteiger partial charge in [0.05, 0.1) is 16.6 Å². The van der Waals surface area contributed by atoms with Gasteiger partial charge in [0.15, 0.2) is 6.10 Å². The van der Waals surface area contributed by atoms with Crippen molar-refractivity contribution in [3.05, 3.63) is 42.0 Å². The molecule has 4 rings (SSSR count). The number of benzene rings is 1. The highest BCUT2D eigenvalue weighted by Gasteiger charge is 2.75. The molecular formula is C30H40O7. The lowest BCUT2D eigenvalue weighted by Gasteiger charge is -2.61. The molecule has 1 aromatic rings. The first-order valence-corrected chi connectivity index (χ1v) is 13.4. The molecule has 0 radical (unpaired) electrons. The third-order valence-electron chi connectivity index (χ3n) is 8.87. The van der Waals surface area contributed by atoms with Gasteiger partial charge in [-0.05, 0) is 69.9 Å². The second-order valence-electron chi connectivity index (χ2n) is 11.6. The molecule has 7 heteroatoms. The van der Waals surface area contributed by atoms with Crippen LogP contribution < -0.4 is 0 Å². The normalized spacial score (nSPS) is 36.0. The van der Waals surface area contributed by atoms with Crippen molar-refractivity contribution in [2.75, 3.05) is 0 Å². The van der Waals surface area contributed by atoms with Crippen LogP contribution in [0.15, 0.2) is 36.4 Å². The largest absolute Gasteiger partial charge is 0.458 e. The fraction of sp³-hybridized carbons (Fsp3) is 0.633. The van der Waals surface area contributed by atoms with Gasteiger partial charge >= 0.3 is 17.9 Å². The maximum Gasteiger partial charge on any atom is 0.331 e. The summed E-state index contributed by atoms with van der Waals surface area (Å²) in [6.07, 6.45) is 3.86. The van der Waals surface area contributed by atoms with Crippen molar-refractivity contribution < 1.29 is 33.3 Å². The fourth-order valence-corrected chi connectivity index (χ4v) is 6.98. The molecule has 2 bridgehead atoms. The molecule has 1 heterocycles.